The van der Waals surface area contributed by atoms with E-state index in [1.165, 1.54) is 0 Å². The van der Waals surface area contributed by atoms with Crippen LogP contribution in [-0.2, 0) is 9.47 Å². The molecule has 1 N–H and O–H groups in total. The van der Waals surface area contributed by atoms with Crippen LogP contribution in [0.15, 0.2) is 0 Å². The summed E-state index contributed by atoms with van der Waals surface area (Å²) in [6.07, 6.45) is -0.589. The van der Waals surface area contributed by atoms with Crippen molar-refractivity contribution in [2.45, 2.75) is 19.1 Å². The number of aliphatic hydroxyl groups is 1. The van der Waals surface area contributed by atoms with Crippen molar-refractivity contribution in [1.82, 2.24) is 4.90 Å². The van der Waals surface area contributed by atoms with E-state index in [4.69, 9.17) is 14.7 Å². The van der Waals surface area contributed by atoms with Gasteiger partial charge in [0.15, 0.2) is 0 Å². The Morgan fingerprint density at radius 2 is 2.13 bits per heavy atom. The van der Waals surface area contributed by atoms with Crippen molar-refractivity contribution >= 4 is 0 Å². The molecule has 0 aliphatic rings. The number of rotatable bonds is 8. The van der Waals surface area contributed by atoms with E-state index in [1.54, 1.807) is 19.1 Å². The summed E-state index contributed by atoms with van der Waals surface area (Å²) in [7, 11) is 3.39. The van der Waals surface area contributed by atoms with Crippen LogP contribution >= 0.6 is 0 Å². The average molecular weight is 216 g/mol. The molecule has 5 heteroatoms. The molecule has 0 heterocycles. The van der Waals surface area contributed by atoms with E-state index in [2.05, 4.69) is 0 Å². The zero-order valence-electron chi connectivity index (χ0n) is 9.64. The number of nitrogens with zero attached hydrogens (tertiary/aromatic N) is 2. The lowest BCUT2D eigenvalue weighted by molar-refractivity contribution is -0.0373. The molecule has 88 valence electrons. The van der Waals surface area contributed by atoms with Gasteiger partial charge >= 0.3 is 0 Å². The standard InChI is InChI=1S/C10H20N2O3/c1-9(7-14-3)15-8-10(13)6-12(2)5-4-11/h9-10,13H,5-8H2,1-3H3. The van der Waals surface area contributed by atoms with Gasteiger partial charge in [-0.15, -0.1) is 0 Å². The van der Waals surface area contributed by atoms with Crippen molar-refractivity contribution < 1.29 is 14.6 Å². The van der Waals surface area contributed by atoms with Crippen LogP contribution in [0, 0.1) is 11.3 Å². The topological polar surface area (TPSA) is 65.7 Å². The monoisotopic (exact) mass is 216 g/mol. The lowest BCUT2D eigenvalue weighted by Crippen LogP contribution is -2.33. The van der Waals surface area contributed by atoms with E-state index in [9.17, 15) is 5.11 Å². The lowest BCUT2D eigenvalue weighted by atomic mass is 10.3. The normalized spacial score (nSPS) is 14.9. The number of likely N-dealkylation sites (N-methyl/N-ethyl adjacent to an activating group) is 1. The number of ether oxygens (including phenoxy) is 2. The number of methoxy groups -OCH3 is 1. The minimum Gasteiger partial charge on any atom is -0.389 e. The van der Waals surface area contributed by atoms with Gasteiger partial charge in [0.2, 0.25) is 0 Å². The molecule has 0 rings (SSSR count). The van der Waals surface area contributed by atoms with E-state index >= 15 is 0 Å². The minimum absolute atomic E-state index is 0.0223. The van der Waals surface area contributed by atoms with Crippen LogP contribution in [-0.4, -0.2) is 62.7 Å². The van der Waals surface area contributed by atoms with E-state index < -0.39 is 6.10 Å². The predicted octanol–water partition coefficient (Wildman–Crippen LogP) is -0.146. The fourth-order valence-electron chi connectivity index (χ4n) is 1.16. The Morgan fingerprint density at radius 3 is 2.67 bits per heavy atom. The number of hydrogen-bond donors (Lipinski definition) is 1. The van der Waals surface area contributed by atoms with Gasteiger partial charge in [-0.3, -0.25) is 4.90 Å². The Labute approximate surface area is 91.2 Å². The zero-order valence-corrected chi connectivity index (χ0v) is 9.64. The van der Waals surface area contributed by atoms with Crippen LogP contribution in [0.4, 0.5) is 0 Å². The van der Waals surface area contributed by atoms with Gasteiger partial charge in [0.25, 0.3) is 0 Å². The third-order valence-corrected chi connectivity index (χ3v) is 1.84. The highest BCUT2D eigenvalue weighted by atomic mass is 16.5. The Morgan fingerprint density at radius 1 is 1.47 bits per heavy atom. The van der Waals surface area contributed by atoms with Crippen molar-refractivity contribution in [3.63, 3.8) is 0 Å². The van der Waals surface area contributed by atoms with Gasteiger partial charge in [-0.1, -0.05) is 0 Å². The number of aliphatic hydroxyl groups excluding tert-OH is 1. The van der Waals surface area contributed by atoms with E-state index in [-0.39, 0.29) is 12.7 Å². The molecule has 2 unspecified atom stereocenters. The Hall–Kier alpha value is -0.670. The fraction of sp³-hybridized carbons (Fsp3) is 0.900. The first kappa shape index (κ1) is 14.3. The highest BCUT2D eigenvalue weighted by molar-refractivity contribution is 4.75. The first-order valence-electron chi connectivity index (χ1n) is 4.94. The summed E-state index contributed by atoms with van der Waals surface area (Å²) in [5.41, 5.74) is 0. The van der Waals surface area contributed by atoms with Crippen LogP contribution in [0.2, 0.25) is 0 Å². The molecule has 0 saturated carbocycles. The largest absolute Gasteiger partial charge is 0.389 e. The first-order valence-corrected chi connectivity index (χ1v) is 4.94. The van der Waals surface area contributed by atoms with E-state index in [0.717, 1.165) is 0 Å². The summed E-state index contributed by atoms with van der Waals surface area (Å²) in [5.74, 6) is 0. The Balaban J connectivity index is 3.56. The van der Waals surface area contributed by atoms with Crippen LogP contribution in [0.3, 0.4) is 0 Å². The second-order valence-electron chi connectivity index (χ2n) is 3.61. The molecule has 0 bridgehead atoms. The van der Waals surface area contributed by atoms with Gasteiger partial charge in [-0.25, -0.2) is 0 Å². The molecule has 15 heavy (non-hydrogen) atoms. The van der Waals surface area contributed by atoms with Gasteiger partial charge in [0.1, 0.15) is 0 Å². The van der Waals surface area contributed by atoms with Crippen LogP contribution in [0.5, 0.6) is 0 Å². The van der Waals surface area contributed by atoms with Crippen molar-refractivity contribution in [1.29, 1.82) is 5.26 Å². The fourth-order valence-corrected chi connectivity index (χ4v) is 1.16. The molecular formula is C10H20N2O3. The minimum atomic E-state index is -0.567. The molecule has 0 aromatic carbocycles. The SMILES string of the molecule is COCC(C)OCC(O)CN(C)CC#N. The summed E-state index contributed by atoms with van der Waals surface area (Å²) in [6.45, 7) is 3.41. The molecule has 0 aliphatic carbocycles. The smallest absolute Gasteiger partial charge is 0.0900 e. The molecule has 2 atom stereocenters. The van der Waals surface area contributed by atoms with Crippen LogP contribution in [0.1, 0.15) is 6.92 Å². The average Bonchev–Trinajstić information content (AvgIpc) is 2.15. The summed E-state index contributed by atoms with van der Waals surface area (Å²) in [4.78, 5) is 1.75. The van der Waals surface area contributed by atoms with Gasteiger partial charge in [0, 0.05) is 13.7 Å². The highest BCUT2D eigenvalue weighted by Crippen LogP contribution is 1.95. The predicted molar refractivity (Wildman–Crippen MR) is 56.4 cm³/mol. The first-order chi connectivity index (χ1) is 7.10. The summed E-state index contributed by atoms with van der Waals surface area (Å²) in [6, 6.07) is 2.01. The van der Waals surface area contributed by atoms with Gasteiger partial charge < -0.3 is 14.6 Å². The summed E-state index contributed by atoms with van der Waals surface area (Å²) in [5, 5.41) is 18.0. The third-order valence-electron chi connectivity index (χ3n) is 1.84. The van der Waals surface area contributed by atoms with Crippen LogP contribution in [0.25, 0.3) is 0 Å². The molecule has 0 radical (unpaired) electrons. The number of hydrogen-bond acceptors (Lipinski definition) is 5. The van der Waals surface area contributed by atoms with Gasteiger partial charge in [0.05, 0.1) is 38.0 Å². The van der Waals surface area contributed by atoms with E-state index in [0.29, 0.717) is 19.7 Å². The van der Waals surface area contributed by atoms with Gasteiger partial charge in [-0.05, 0) is 14.0 Å². The molecule has 0 spiro atoms. The molecule has 0 aromatic heterocycles. The molecule has 0 aliphatic heterocycles. The summed E-state index contributed by atoms with van der Waals surface area (Å²) >= 11 is 0. The molecule has 0 fully saturated rings. The highest BCUT2D eigenvalue weighted by Gasteiger charge is 2.10. The maximum atomic E-state index is 9.55. The molecule has 0 aromatic rings. The third kappa shape index (κ3) is 8.33. The van der Waals surface area contributed by atoms with Crippen molar-refractivity contribution in [3.8, 4) is 6.07 Å². The van der Waals surface area contributed by atoms with Crippen LogP contribution < -0.4 is 0 Å². The Bertz CT molecular complexity index is 194. The second-order valence-corrected chi connectivity index (χ2v) is 3.61. The summed E-state index contributed by atoms with van der Waals surface area (Å²) < 4.78 is 10.2. The lowest BCUT2D eigenvalue weighted by Gasteiger charge is -2.19. The quantitative estimate of drug-likeness (QED) is 0.572. The maximum Gasteiger partial charge on any atom is 0.0900 e. The second kappa shape index (κ2) is 8.62. The molecule has 5 nitrogen and oxygen atoms in total. The van der Waals surface area contributed by atoms with Gasteiger partial charge in [-0.2, -0.15) is 5.26 Å². The molecular weight excluding hydrogens is 196 g/mol. The Kier molecular flexibility index (Phi) is 8.24. The van der Waals surface area contributed by atoms with Crippen molar-refractivity contribution in [2.24, 2.45) is 0 Å². The zero-order chi connectivity index (χ0) is 11.7. The van der Waals surface area contributed by atoms with Crippen molar-refractivity contribution in [3.05, 3.63) is 0 Å². The number of nitriles is 1. The molecule has 0 amide bonds. The van der Waals surface area contributed by atoms with Crippen molar-refractivity contribution in [2.75, 3.05) is 40.5 Å². The molecule has 0 saturated heterocycles. The maximum absolute atomic E-state index is 9.55. The van der Waals surface area contributed by atoms with E-state index in [1.807, 2.05) is 13.0 Å².